The number of aromatic amines is 2. The smallest absolute Gasteiger partial charge is 0.323 e. The van der Waals surface area contributed by atoms with Gasteiger partial charge < -0.3 is 4.98 Å². The molecule has 0 unspecified atom stereocenters. The lowest BCUT2D eigenvalue weighted by molar-refractivity contribution is -0.366. The van der Waals surface area contributed by atoms with E-state index in [4.69, 9.17) is 0 Å². The zero-order valence-corrected chi connectivity index (χ0v) is 8.99. The molecule has 2 aromatic heterocycles. The maximum Gasteiger partial charge on any atom is 0.330 e. The van der Waals surface area contributed by atoms with Crippen molar-refractivity contribution in [3.63, 3.8) is 0 Å². The van der Waals surface area contributed by atoms with Gasteiger partial charge in [0.1, 0.15) is 6.20 Å². The van der Waals surface area contributed by atoms with Gasteiger partial charge in [0.05, 0.1) is 10.9 Å². The zero-order valence-electron chi connectivity index (χ0n) is 8.99. The SMILES string of the molecule is Cc1cc2c[nH+]c(-c3ccccc3)nc2[nH]1. The Labute approximate surface area is 93.2 Å². The number of nitrogens with one attached hydrogen (secondary N) is 2. The van der Waals surface area contributed by atoms with E-state index in [-0.39, 0.29) is 0 Å². The van der Waals surface area contributed by atoms with Gasteiger partial charge in [0.25, 0.3) is 5.65 Å². The lowest BCUT2D eigenvalue weighted by atomic mass is 10.2. The molecular weight excluding hydrogens is 198 g/mol. The summed E-state index contributed by atoms with van der Waals surface area (Å²) in [4.78, 5) is 11.0. The molecule has 0 aliphatic carbocycles. The Bertz CT molecular complexity index is 626. The van der Waals surface area contributed by atoms with Crippen molar-refractivity contribution in [1.29, 1.82) is 0 Å². The molecule has 2 heterocycles. The molecule has 0 fully saturated rings. The maximum absolute atomic E-state index is 4.56. The lowest BCUT2D eigenvalue weighted by Gasteiger charge is -1.91. The zero-order chi connectivity index (χ0) is 11.0. The minimum absolute atomic E-state index is 0.884. The van der Waals surface area contributed by atoms with Crippen LogP contribution in [0.1, 0.15) is 5.69 Å². The number of hydrogen-bond acceptors (Lipinski definition) is 1. The van der Waals surface area contributed by atoms with Gasteiger partial charge in [-0.05, 0) is 30.1 Å². The average Bonchev–Trinajstić information content (AvgIpc) is 2.69. The molecule has 0 saturated carbocycles. The maximum atomic E-state index is 4.56. The molecule has 0 atom stereocenters. The summed E-state index contributed by atoms with van der Waals surface area (Å²) in [6.45, 7) is 2.03. The molecule has 0 saturated heterocycles. The second-order valence-corrected chi connectivity index (χ2v) is 3.87. The molecule has 3 aromatic rings. The van der Waals surface area contributed by atoms with Crippen LogP contribution in [0, 0.1) is 6.92 Å². The van der Waals surface area contributed by atoms with Crippen molar-refractivity contribution >= 4 is 11.0 Å². The van der Waals surface area contributed by atoms with Crippen LogP contribution in [-0.2, 0) is 0 Å². The largest absolute Gasteiger partial charge is 0.330 e. The number of fused-ring (bicyclic) bond motifs is 1. The number of H-pyrrole nitrogens is 2. The van der Waals surface area contributed by atoms with E-state index in [0.29, 0.717) is 0 Å². The van der Waals surface area contributed by atoms with E-state index in [1.54, 1.807) is 0 Å². The molecule has 0 radical (unpaired) electrons. The summed E-state index contributed by atoms with van der Waals surface area (Å²) in [7, 11) is 0. The van der Waals surface area contributed by atoms with Gasteiger partial charge >= 0.3 is 5.82 Å². The van der Waals surface area contributed by atoms with Crippen LogP contribution in [0.4, 0.5) is 0 Å². The molecule has 0 aliphatic rings. The highest BCUT2D eigenvalue weighted by molar-refractivity contribution is 5.76. The second kappa shape index (κ2) is 3.45. The summed E-state index contributed by atoms with van der Waals surface area (Å²) in [5, 5.41) is 1.11. The Hall–Kier alpha value is -2.16. The van der Waals surface area contributed by atoms with Crippen LogP contribution >= 0.6 is 0 Å². The van der Waals surface area contributed by atoms with Gasteiger partial charge in [0, 0.05) is 5.69 Å². The highest BCUT2D eigenvalue weighted by Crippen LogP contribution is 2.15. The van der Waals surface area contributed by atoms with E-state index in [1.165, 1.54) is 0 Å². The first-order valence-electron chi connectivity index (χ1n) is 5.26. The van der Waals surface area contributed by atoms with Crippen molar-refractivity contribution in [3.8, 4) is 11.4 Å². The highest BCUT2D eigenvalue weighted by Gasteiger charge is 2.11. The van der Waals surface area contributed by atoms with Crippen molar-refractivity contribution < 1.29 is 4.98 Å². The van der Waals surface area contributed by atoms with E-state index in [9.17, 15) is 0 Å². The first-order valence-corrected chi connectivity index (χ1v) is 5.26. The molecule has 16 heavy (non-hydrogen) atoms. The van der Waals surface area contributed by atoms with Crippen molar-refractivity contribution in [2.45, 2.75) is 6.92 Å². The molecule has 0 spiro atoms. The third-order valence-corrected chi connectivity index (χ3v) is 2.60. The van der Waals surface area contributed by atoms with Crippen LogP contribution in [0.25, 0.3) is 22.4 Å². The highest BCUT2D eigenvalue weighted by atomic mass is 14.9. The van der Waals surface area contributed by atoms with Gasteiger partial charge in [-0.3, -0.25) is 0 Å². The van der Waals surface area contributed by atoms with E-state index < -0.39 is 0 Å². The van der Waals surface area contributed by atoms with Gasteiger partial charge in [-0.15, -0.1) is 0 Å². The number of hydrogen-bond donors (Lipinski definition) is 1. The summed E-state index contributed by atoms with van der Waals surface area (Å²) in [5.74, 6) is 0.884. The van der Waals surface area contributed by atoms with Gasteiger partial charge in [-0.25, -0.2) is 4.98 Å². The molecule has 0 aliphatic heterocycles. The van der Waals surface area contributed by atoms with E-state index in [2.05, 4.69) is 21.0 Å². The van der Waals surface area contributed by atoms with Gasteiger partial charge in [-0.1, -0.05) is 18.2 Å². The van der Waals surface area contributed by atoms with Gasteiger partial charge in [-0.2, -0.15) is 0 Å². The molecule has 78 valence electrons. The Kier molecular flexibility index (Phi) is 1.96. The summed E-state index contributed by atoms with van der Waals surface area (Å²) in [6, 6.07) is 12.2. The molecular formula is C13H12N3+. The fraction of sp³-hybridized carbons (Fsp3) is 0.0769. The predicted octanol–water partition coefficient (Wildman–Crippen LogP) is 2.35. The minimum Gasteiger partial charge on any atom is -0.323 e. The van der Waals surface area contributed by atoms with Crippen molar-refractivity contribution in [3.05, 3.63) is 48.3 Å². The third kappa shape index (κ3) is 1.46. The summed E-state index contributed by atoms with van der Waals surface area (Å²) in [6.07, 6.45) is 1.98. The summed E-state index contributed by atoms with van der Waals surface area (Å²) in [5.41, 5.74) is 3.15. The fourth-order valence-electron chi connectivity index (χ4n) is 1.83. The standard InChI is InChI=1S/C13H11N3/c1-9-7-11-8-14-12(16-13(11)15-9)10-5-3-2-4-6-10/h2-8H,1H3,(H,14,15,16)/p+1. The first kappa shape index (κ1) is 9.09. The molecule has 1 aromatic carbocycles. The van der Waals surface area contributed by atoms with Crippen LogP contribution in [-0.4, -0.2) is 9.97 Å². The predicted molar refractivity (Wildman–Crippen MR) is 62.8 cm³/mol. The van der Waals surface area contributed by atoms with E-state index in [0.717, 1.165) is 28.1 Å². The fourth-order valence-corrected chi connectivity index (χ4v) is 1.83. The number of rotatable bonds is 1. The van der Waals surface area contributed by atoms with Crippen LogP contribution in [0.15, 0.2) is 42.6 Å². The van der Waals surface area contributed by atoms with Crippen molar-refractivity contribution in [2.75, 3.05) is 0 Å². The quantitative estimate of drug-likeness (QED) is 0.658. The molecule has 2 N–H and O–H groups in total. The normalized spacial score (nSPS) is 10.8. The molecule has 3 nitrogen and oxygen atoms in total. The Morgan fingerprint density at radius 1 is 1.19 bits per heavy atom. The van der Waals surface area contributed by atoms with Gasteiger partial charge in [0.2, 0.25) is 0 Å². The van der Waals surface area contributed by atoms with Gasteiger partial charge in [0.15, 0.2) is 0 Å². The Balaban J connectivity index is 2.18. The Morgan fingerprint density at radius 3 is 2.81 bits per heavy atom. The first-order chi connectivity index (χ1) is 7.83. The third-order valence-electron chi connectivity index (χ3n) is 2.60. The topological polar surface area (TPSA) is 42.8 Å². The van der Waals surface area contributed by atoms with E-state index in [1.807, 2.05) is 43.5 Å². The van der Waals surface area contributed by atoms with Crippen molar-refractivity contribution in [1.82, 2.24) is 9.97 Å². The molecule has 3 heteroatoms. The van der Waals surface area contributed by atoms with Crippen LogP contribution in [0.2, 0.25) is 0 Å². The summed E-state index contributed by atoms with van der Waals surface area (Å²) < 4.78 is 0. The van der Waals surface area contributed by atoms with E-state index >= 15 is 0 Å². The number of aryl methyl sites for hydroxylation is 1. The number of nitrogens with zero attached hydrogens (tertiary/aromatic N) is 1. The van der Waals surface area contributed by atoms with Crippen LogP contribution < -0.4 is 4.98 Å². The molecule has 0 amide bonds. The summed E-state index contributed by atoms with van der Waals surface area (Å²) >= 11 is 0. The van der Waals surface area contributed by atoms with Crippen molar-refractivity contribution in [2.24, 2.45) is 0 Å². The average molecular weight is 210 g/mol. The number of benzene rings is 1. The Morgan fingerprint density at radius 2 is 2.00 bits per heavy atom. The lowest BCUT2D eigenvalue weighted by Crippen LogP contribution is -2.08. The molecule has 3 rings (SSSR count). The van der Waals surface area contributed by atoms with Crippen LogP contribution in [0.3, 0.4) is 0 Å². The molecule has 0 bridgehead atoms. The van der Waals surface area contributed by atoms with Crippen LogP contribution in [0.5, 0.6) is 0 Å². The number of aromatic nitrogens is 3. The second-order valence-electron chi connectivity index (χ2n) is 3.87. The monoisotopic (exact) mass is 210 g/mol. The minimum atomic E-state index is 0.884.